The molecule has 5 heteroatoms. The zero-order valence-electron chi connectivity index (χ0n) is 10.6. The van der Waals surface area contributed by atoms with E-state index in [1.165, 1.54) is 10.4 Å². The first-order chi connectivity index (χ1) is 9.38. The monoisotopic (exact) mass is 270 g/mol. The summed E-state index contributed by atoms with van der Waals surface area (Å²) in [6, 6.07) is 6.36. The van der Waals surface area contributed by atoms with E-state index in [1.807, 2.05) is 30.9 Å². The van der Waals surface area contributed by atoms with Gasteiger partial charge < -0.3 is 5.32 Å². The summed E-state index contributed by atoms with van der Waals surface area (Å²) in [5.41, 5.74) is 4.95. The van der Waals surface area contributed by atoms with Crippen molar-refractivity contribution in [1.82, 2.24) is 20.3 Å². The number of aromatic nitrogens is 3. The van der Waals surface area contributed by atoms with E-state index in [9.17, 15) is 0 Å². The Balaban J connectivity index is 2.01. The Morgan fingerprint density at radius 2 is 2.16 bits per heavy atom. The van der Waals surface area contributed by atoms with Crippen molar-refractivity contribution in [2.45, 2.75) is 12.5 Å². The van der Waals surface area contributed by atoms with Crippen molar-refractivity contribution in [1.29, 1.82) is 0 Å². The Bertz CT molecular complexity index is 661. The minimum absolute atomic E-state index is 0.223. The zero-order chi connectivity index (χ0) is 13.1. The fourth-order valence-corrected chi connectivity index (χ4v) is 2.85. The molecular weight excluding hydrogens is 256 g/mol. The second-order valence-corrected chi connectivity index (χ2v) is 5.26. The Morgan fingerprint density at radius 1 is 1.26 bits per heavy atom. The lowest BCUT2D eigenvalue weighted by Gasteiger charge is -2.16. The minimum atomic E-state index is 0.223. The second-order valence-electron chi connectivity index (χ2n) is 4.28. The number of likely N-dealkylation sites (N-methyl/N-ethyl adjacent to an activating group) is 1. The summed E-state index contributed by atoms with van der Waals surface area (Å²) in [5.74, 6) is 0. The molecular formula is C14H14N4S. The van der Waals surface area contributed by atoms with Gasteiger partial charge in [-0.15, -0.1) is 11.3 Å². The average molecular weight is 270 g/mol. The molecule has 0 saturated heterocycles. The van der Waals surface area contributed by atoms with Gasteiger partial charge in [-0.1, -0.05) is 12.1 Å². The maximum absolute atomic E-state index is 4.46. The summed E-state index contributed by atoms with van der Waals surface area (Å²) < 4.78 is 0. The molecule has 0 saturated carbocycles. The van der Waals surface area contributed by atoms with Gasteiger partial charge in [0.2, 0.25) is 0 Å². The van der Waals surface area contributed by atoms with Crippen molar-refractivity contribution in [2.24, 2.45) is 0 Å². The third kappa shape index (κ3) is 2.47. The highest BCUT2D eigenvalue weighted by atomic mass is 32.1. The molecule has 4 nitrogen and oxygen atoms in total. The average Bonchev–Trinajstić information content (AvgIpc) is 2.97. The first-order valence-corrected chi connectivity index (χ1v) is 7.00. The van der Waals surface area contributed by atoms with Crippen LogP contribution in [-0.2, 0) is 6.42 Å². The lowest BCUT2D eigenvalue weighted by atomic mass is 10.0. The molecule has 19 heavy (non-hydrogen) atoms. The third-order valence-electron chi connectivity index (χ3n) is 3.14. The summed E-state index contributed by atoms with van der Waals surface area (Å²) >= 11 is 1.68. The fourth-order valence-electron chi connectivity index (χ4n) is 2.21. The summed E-state index contributed by atoms with van der Waals surface area (Å²) in [6.07, 6.45) is 6.30. The summed E-state index contributed by atoms with van der Waals surface area (Å²) in [6.45, 7) is 0. The zero-order valence-corrected chi connectivity index (χ0v) is 11.4. The van der Waals surface area contributed by atoms with E-state index in [1.54, 1.807) is 23.7 Å². The van der Waals surface area contributed by atoms with Crippen molar-refractivity contribution in [3.05, 3.63) is 52.7 Å². The van der Waals surface area contributed by atoms with Crippen LogP contribution in [0.15, 0.2) is 42.3 Å². The number of thiazole rings is 1. The van der Waals surface area contributed by atoms with Crippen molar-refractivity contribution in [2.75, 3.05) is 7.05 Å². The number of hydrogen-bond donors (Lipinski definition) is 1. The van der Waals surface area contributed by atoms with Crippen LogP contribution in [0.5, 0.6) is 0 Å². The molecule has 2 heterocycles. The number of nitrogens with zero attached hydrogens (tertiary/aromatic N) is 3. The molecule has 1 atom stereocenters. The van der Waals surface area contributed by atoms with E-state index in [0.717, 1.165) is 17.5 Å². The Morgan fingerprint density at radius 3 is 2.95 bits per heavy atom. The molecule has 0 aliphatic heterocycles. The molecule has 0 amide bonds. The molecule has 3 aromatic rings. The Kier molecular flexibility index (Phi) is 3.48. The molecule has 1 unspecified atom stereocenters. The maximum atomic E-state index is 4.46. The summed E-state index contributed by atoms with van der Waals surface area (Å²) in [4.78, 5) is 14.2. The van der Waals surface area contributed by atoms with Gasteiger partial charge in [-0.3, -0.25) is 15.0 Å². The molecule has 2 aromatic heterocycles. The predicted molar refractivity (Wildman–Crippen MR) is 77.2 cm³/mol. The van der Waals surface area contributed by atoms with E-state index in [-0.39, 0.29) is 6.04 Å². The molecule has 0 aliphatic rings. The Hall–Kier alpha value is -1.85. The van der Waals surface area contributed by atoms with Crippen LogP contribution < -0.4 is 5.32 Å². The fraction of sp³-hybridized carbons (Fsp3) is 0.214. The van der Waals surface area contributed by atoms with E-state index < -0.39 is 0 Å². The third-order valence-corrected chi connectivity index (χ3v) is 3.94. The maximum Gasteiger partial charge on any atom is 0.0934 e. The first kappa shape index (κ1) is 12.2. The van der Waals surface area contributed by atoms with Gasteiger partial charge in [0.25, 0.3) is 0 Å². The van der Waals surface area contributed by atoms with Gasteiger partial charge in [0.1, 0.15) is 0 Å². The number of fused-ring (bicyclic) bond motifs is 1. The normalized spacial score (nSPS) is 12.7. The Labute approximate surface area is 115 Å². The van der Waals surface area contributed by atoms with E-state index in [0.29, 0.717) is 0 Å². The highest BCUT2D eigenvalue weighted by Crippen LogP contribution is 2.25. The largest absolute Gasteiger partial charge is 0.313 e. The van der Waals surface area contributed by atoms with Crippen LogP contribution in [0, 0.1) is 0 Å². The van der Waals surface area contributed by atoms with Crippen molar-refractivity contribution in [3.63, 3.8) is 0 Å². The van der Waals surface area contributed by atoms with Crippen LogP contribution in [0.1, 0.15) is 16.5 Å². The van der Waals surface area contributed by atoms with Gasteiger partial charge in [0.05, 0.1) is 16.5 Å². The summed E-state index contributed by atoms with van der Waals surface area (Å²) in [5, 5.41) is 3.36. The van der Waals surface area contributed by atoms with Gasteiger partial charge in [-0.05, 0) is 18.7 Å². The molecule has 0 spiro atoms. The number of rotatable bonds is 4. The predicted octanol–water partition coefficient (Wildman–Crippen LogP) is 2.59. The van der Waals surface area contributed by atoms with Crippen LogP contribution in [-0.4, -0.2) is 22.0 Å². The number of benzene rings is 1. The van der Waals surface area contributed by atoms with Gasteiger partial charge >= 0.3 is 0 Å². The van der Waals surface area contributed by atoms with Gasteiger partial charge in [0, 0.05) is 35.9 Å². The molecule has 1 N–H and O–H groups in total. The highest BCUT2D eigenvalue weighted by Gasteiger charge is 2.15. The van der Waals surface area contributed by atoms with Crippen molar-refractivity contribution in [3.8, 4) is 0 Å². The standard InChI is InChI=1S/C14H14N4S/c1-15-13(7-10-8-16-9-19-10)11-3-2-4-12-14(11)18-6-5-17-12/h2-6,8-9,13,15H,7H2,1H3. The van der Waals surface area contributed by atoms with Crippen LogP contribution in [0.2, 0.25) is 0 Å². The van der Waals surface area contributed by atoms with Crippen molar-refractivity contribution >= 4 is 22.4 Å². The van der Waals surface area contributed by atoms with Crippen LogP contribution in [0.3, 0.4) is 0 Å². The lowest BCUT2D eigenvalue weighted by Crippen LogP contribution is -2.19. The van der Waals surface area contributed by atoms with Gasteiger partial charge in [-0.25, -0.2) is 0 Å². The lowest BCUT2D eigenvalue weighted by molar-refractivity contribution is 0.599. The number of hydrogen-bond acceptors (Lipinski definition) is 5. The van der Waals surface area contributed by atoms with E-state index in [2.05, 4.69) is 26.3 Å². The van der Waals surface area contributed by atoms with Gasteiger partial charge in [0.15, 0.2) is 0 Å². The molecule has 0 radical (unpaired) electrons. The molecule has 96 valence electrons. The van der Waals surface area contributed by atoms with E-state index in [4.69, 9.17) is 0 Å². The summed E-state index contributed by atoms with van der Waals surface area (Å²) in [7, 11) is 1.97. The first-order valence-electron chi connectivity index (χ1n) is 6.13. The SMILES string of the molecule is CNC(Cc1cncs1)c1cccc2nccnc12. The van der Waals surface area contributed by atoms with Crippen LogP contribution in [0.25, 0.3) is 11.0 Å². The van der Waals surface area contributed by atoms with E-state index >= 15 is 0 Å². The second kappa shape index (κ2) is 5.42. The number of para-hydroxylation sites is 1. The minimum Gasteiger partial charge on any atom is -0.313 e. The molecule has 1 aromatic carbocycles. The smallest absolute Gasteiger partial charge is 0.0934 e. The topological polar surface area (TPSA) is 50.7 Å². The van der Waals surface area contributed by atoms with Crippen molar-refractivity contribution < 1.29 is 0 Å². The van der Waals surface area contributed by atoms with Crippen LogP contribution >= 0.6 is 11.3 Å². The number of nitrogens with one attached hydrogen (secondary N) is 1. The molecule has 0 bridgehead atoms. The molecule has 3 rings (SSSR count). The quantitative estimate of drug-likeness (QED) is 0.791. The highest BCUT2D eigenvalue weighted by molar-refractivity contribution is 7.09. The molecule has 0 fully saturated rings. The molecule has 0 aliphatic carbocycles. The van der Waals surface area contributed by atoms with Crippen LogP contribution in [0.4, 0.5) is 0 Å². The van der Waals surface area contributed by atoms with Gasteiger partial charge in [-0.2, -0.15) is 0 Å².